The normalized spacial score (nSPS) is 28.4. The molecule has 1 fully saturated rings. The standard InChI is InChI=1S/C14H21NO/c1-10(2)11-3-5-12(6-4-11)14(9-15)7-13(14)8-16/h3-6,10,13,16H,7-9,15H2,1-2H3. The second-order valence-electron chi connectivity index (χ2n) is 5.22. The van der Waals surface area contributed by atoms with Crippen molar-refractivity contribution in [1.82, 2.24) is 0 Å². The molecule has 2 heteroatoms. The first-order chi connectivity index (χ1) is 7.64. The SMILES string of the molecule is CC(C)c1ccc(C2(CN)CC2CO)cc1. The fourth-order valence-electron chi connectivity index (χ4n) is 2.54. The van der Waals surface area contributed by atoms with Gasteiger partial charge in [-0.05, 0) is 29.4 Å². The Bertz CT molecular complexity index is 358. The summed E-state index contributed by atoms with van der Waals surface area (Å²) in [5, 5.41) is 9.22. The van der Waals surface area contributed by atoms with Crippen LogP contribution in [0.1, 0.15) is 37.3 Å². The van der Waals surface area contributed by atoms with Crippen molar-refractivity contribution in [2.75, 3.05) is 13.2 Å². The molecule has 0 aliphatic heterocycles. The molecule has 1 aliphatic carbocycles. The number of nitrogens with two attached hydrogens (primary N) is 1. The first-order valence-electron chi connectivity index (χ1n) is 6.05. The Balaban J connectivity index is 2.22. The minimum atomic E-state index is 0.0598. The summed E-state index contributed by atoms with van der Waals surface area (Å²) in [4.78, 5) is 0. The fraction of sp³-hybridized carbons (Fsp3) is 0.571. The summed E-state index contributed by atoms with van der Waals surface area (Å²) in [5.41, 5.74) is 8.56. The molecule has 1 aromatic rings. The topological polar surface area (TPSA) is 46.2 Å². The third kappa shape index (κ3) is 1.76. The highest BCUT2D eigenvalue weighted by molar-refractivity contribution is 5.37. The Morgan fingerprint density at radius 2 is 2.00 bits per heavy atom. The van der Waals surface area contributed by atoms with Gasteiger partial charge in [0.2, 0.25) is 0 Å². The monoisotopic (exact) mass is 219 g/mol. The van der Waals surface area contributed by atoms with Crippen LogP contribution in [0, 0.1) is 5.92 Å². The van der Waals surface area contributed by atoms with Crippen LogP contribution in [-0.4, -0.2) is 18.3 Å². The van der Waals surface area contributed by atoms with E-state index < -0.39 is 0 Å². The lowest BCUT2D eigenvalue weighted by atomic mass is 9.91. The van der Waals surface area contributed by atoms with Gasteiger partial charge in [0, 0.05) is 18.6 Å². The highest BCUT2D eigenvalue weighted by Crippen LogP contribution is 2.53. The molecule has 2 atom stereocenters. The van der Waals surface area contributed by atoms with E-state index >= 15 is 0 Å². The third-order valence-electron chi connectivity index (χ3n) is 3.97. The van der Waals surface area contributed by atoms with Gasteiger partial charge in [0.25, 0.3) is 0 Å². The lowest BCUT2D eigenvalue weighted by Crippen LogP contribution is -2.23. The number of rotatable bonds is 4. The summed E-state index contributed by atoms with van der Waals surface area (Å²) < 4.78 is 0. The molecule has 0 radical (unpaired) electrons. The molecule has 0 aromatic heterocycles. The highest BCUT2D eigenvalue weighted by atomic mass is 16.3. The van der Waals surface area contributed by atoms with Gasteiger partial charge >= 0.3 is 0 Å². The summed E-state index contributed by atoms with van der Waals surface area (Å²) in [5.74, 6) is 0.929. The predicted molar refractivity (Wildman–Crippen MR) is 66.5 cm³/mol. The summed E-state index contributed by atoms with van der Waals surface area (Å²) >= 11 is 0. The van der Waals surface area contributed by atoms with E-state index in [4.69, 9.17) is 5.73 Å². The predicted octanol–water partition coefficient (Wildman–Crippen LogP) is 2.02. The van der Waals surface area contributed by atoms with Crippen LogP contribution in [0.5, 0.6) is 0 Å². The largest absolute Gasteiger partial charge is 0.396 e. The number of benzene rings is 1. The maximum absolute atomic E-state index is 9.22. The molecule has 0 spiro atoms. The van der Waals surface area contributed by atoms with Crippen molar-refractivity contribution in [3.8, 4) is 0 Å². The van der Waals surface area contributed by atoms with Crippen LogP contribution < -0.4 is 5.73 Å². The Hall–Kier alpha value is -0.860. The fourth-order valence-corrected chi connectivity index (χ4v) is 2.54. The van der Waals surface area contributed by atoms with Gasteiger partial charge in [-0.15, -0.1) is 0 Å². The summed E-state index contributed by atoms with van der Waals surface area (Å²) in [6.45, 7) is 5.28. The van der Waals surface area contributed by atoms with Crippen molar-refractivity contribution in [2.45, 2.75) is 31.6 Å². The van der Waals surface area contributed by atoms with Crippen molar-refractivity contribution in [2.24, 2.45) is 11.7 Å². The number of aliphatic hydroxyl groups is 1. The highest BCUT2D eigenvalue weighted by Gasteiger charge is 2.53. The van der Waals surface area contributed by atoms with Crippen LogP contribution in [0.2, 0.25) is 0 Å². The van der Waals surface area contributed by atoms with Crippen LogP contribution in [0.25, 0.3) is 0 Å². The van der Waals surface area contributed by atoms with E-state index in [1.54, 1.807) is 0 Å². The van der Waals surface area contributed by atoms with Gasteiger partial charge in [-0.2, -0.15) is 0 Å². The zero-order valence-electron chi connectivity index (χ0n) is 10.1. The van der Waals surface area contributed by atoms with Gasteiger partial charge in [-0.3, -0.25) is 0 Å². The van der Waals surface area contributed by atoms with Gasteiger partial charge in [-0.1, -0.05) is 38.1 Å². The van der Waals surface area contributed by atoms with E-state index in [1.165, 1.54) is 11.1 Å². The number of hydrogen-bond donors (Lipinski definition) is 2. The Labute approximate surface area is 97.5 Å². The van der Waals surface area contributed by atoms with E-state index in [0.29, 0.717) is 18.4 Å². The average Bonchev–Trinajstić information content (AvgIpc) is 3.04. The van der Waals surface area contributed by atoms with E-state index in [0.717, 1.165) is 6.42 Å². The van der Waals surface area contributed by atoms with E-state index in [1.807, 2.05) is 0 Å². The molecule has 0 saturated heterocycles. The lowest BCUT2D eigenvalue weighted by Gasteiger charge is -2.16. The first kappa shape index (κ1) is 11.6. The zero-order chi connectivity index (χ0) is 11.8. The lowest BCUT2D eigenvalue weighted by molar-refractivity contribution is 0.264. The molecular formula is C14H21NO. The van der Waals surface area contributed by atoms with Crippen molar-refractivity contribution < 1.29 is 5.11 Å². The molecule has 0 amide bonds. The van der Waals surface area contributed by atoms with E-state index in [2.05, 4.69) is 38.1 Å². The van der Waals surface area contributed by atoms with Gasteiger partial charge in [-0.25, -0.2) is 0 Å². The van der Waals surface area contributed by atoms with Crippen LogP contribution in [0.3, 0.4) is 0 Å². The molecule has 1 aliphatic rings. The van der Waals surface area contributed by atoms with E-state index in [9.17, 15) is 5.11 Å². The Kier molecular flexibility index (Phi) is 3.04. The van der Waals surface area contributed by atoms with Crippen LogP contribution >= 0.6 is 0 Å². The molecule has 2 nitrogen and oxygen atoms in total. The minimum absolute atomic E-state index is 0.0598. The number of aliphatic hydroxyl groups excluding tert-OH is 1. The summed E-state index contributed by atoms with van der Waals surface area (Å²) in [6.07, 6.45) is 1.03. The smallest absolute Gasteiger partial charge is 0.0468 e. The minimum Gasteiger partial charge on any atom is -0.396 e. The van der Waals surface area contributed by atoms with Gasteiger partial charge in [0.1, 0.15) is 0 Å². The Morgan fingerprint density at radius 1 is 1.38 bits per heavy atom. The maximum Gasteiger partial charge on any atom is 0.0468 e. The van der Waals surface area contributed by atoms with Crippen LogP contribution in [0.4, 0.5) is 0 Å². The van der Waals surface area contributed by atoms with Gasteiger partial charge in [0.05, 0.1) is 0 Å². The molecular weight excluding hydrogens is 198 g/mol. The molecule has 2 unspecified atom stereocenters. The van der Waals surface area contributed by atoms with Gasteiger partial charge < -0.3 is 10.8 Å². The summed E-state index contributed by atoms with van der Waals surface area (Å²) in [7, 11) is 0. The second-order valence-corrected chi connectivity index (χ2v) is 5.22. The van der Waals surface area contributed by atoms with Crippen molar-refractivity contribution in [3.05, 3.63) is 35.4 Å². The molecule has 16 heavy (non-hydrogen) atoms. The van der Waals surface area contributed by atoms with Crippen molar-refractivity contribution in [1.29, 1.82) is 0 Å². The third-order valence-corrected chi connectivity index (χ3v) is 3.97. The molecule has 2 rings (SSSR count). The molecule has 88 valence electrons. The second kappa shape index (κ2) is 4.19. The molecule has 1 aromatic carbocycles. The molecule has 0 bridgehead atoms. The Morgan fingerprint density at radius 3 is 2.38 bits per heavy atom. The van der Waals surface area contributed by atoms with Crippen LogP contribution in [-0.2, 0) is 5.41 Å². The van der Waals surface area contributed by atoms with E-state index in [-0.39, 0.29) is 12.0 Å². The zero-order valence-corrected chi connectivity index (χ0v) is 10.1. The number of hydrogen-bond acceptors (Lipinski definition) is 2. The molecule has 0 heterocycles. The summed E-state index contributed by atoms with van der Waals surface area (Å²) in [6, 6.07) is 8.73. The molecule has 3 N–H and O–H groups in total. The maximum atomic E-state index is 9.22. The van der Waals surface area contributed by atoms with Crippen molar-refractivity contribution >= 4 is 0 Å². The van der Waals surface area contributed by atoms with Crippen LogP contribution in [0.15, 0.2) is 24.3 Å². The average molecular weight is 219 g/mol. The van der Waals surface area contributed by atoms with Gasteiger partial charge in [0.15, 0.2) is 0 Å². The van der Waals surface area contributed by atoms with Crippen molar-refractivity contribution in [3.63, 3.8) is 0 Å². The quantitative estimate of drug-likeness (QED) is 0.814. The molecule has 1 saturated carbocycles. The first-order valence-corrected chi connectivity index (χ1v) is 6.05.